The molecule has 3 nitrogen and oxygen atoms in total. The van der Waals surface area contributed by atoms with Crippen molar-refractivity contribution >= 4 is 51.1 Å². The zero-order valence-electron chi connectivity index (χ0n) is 20.9. The van der Waals surface area contributed by atoms with Crippen LogP contribution in [0.4, 0.5) is 17.1 Å². The molecular weight excluding hydrogens is 430 g/mol. The van der Waals surface area contributed by atoms with Crippen LogP contribution in [0.5, 0.6) is 0 Å². The molecule has 0 aliphatic carbocycles. The number of hydrogen-bond donors (Lipinski definition) is 0. The van der Waals surface area contributed by atoms with Gasteiger partial charge in [-0.2, -0.15) is 0 Å². The summed E-state index contributed by atoms with van der Waals surface area (Å²) in [6.07, 6.45) is 0. The average Bonchev–Trinajstić information content (AvgIpc) is 2.73. The Morgan fingerprint density at radius 2 is 0.750 bits per heavy atom. The minimum Gasteiger partial charge on any atom is -0.377 e. The zero-order chi connectivity index (χ0) is 23.8. The number of halogens is 1. The Labute approximate surface area is 199 Å². The van der Waals surface area contributed by atoms with Crippen LogP contribution in [-0.2, 0) is 0 Å². The van der Waals surface area contributed by atoms with Gasteiger partial charge in [-0.05, 0) is 71.2 Å². The predicted molar refractivity (Wildman–Crippen MR) is 147 cm³/mol. The summed E-state index contributed by atoms with van der Waals surface area (Å²) in [5.74, 6) is 0. The fourth-order valence-corrected chi connectivity index (χ4v) is 10.5. The summed E-state index contributed by atoms with van der Waals surface area (Å²) in [5, 5.41) is 3.76. The number of rotatable bonds is 6. The lowest BCUT2D eigenvalue weighted by molar-refractivity contribution is 1.11. The van der Waals surface area contributed by atoms with E-state index in [1.54, 1.807) is 0 Å². The average molecular weight is 466 g/mol. The predicted octanol–water partition coefficient (Wildman–Crippen LogP) is 4.02. The molecule has 170 valence electrons. The summed E-state index contributed by atoms with van der Waals surface area (Å²) in [5.41, 5.74) is 7.39. The van der Waals surface area contributed by atoms with Crippen molar-refractivity contribution in [3.05, 3.63) is 71.3 Å². The quantitative estimate of drug-likeness (QED) is 0.309. The van der Waals surface area contributed by atoms with Crippen LogP contribution in [0.3, 0.4) is 0 Å². The topological polar surface area (TPSA) is 9.72 Å². The summed E-state index contributed by atoms with van der Waals surface area (Å²) in [6, 6.07) is 19.7. The fourth-order valence-electron chi connectivity index (χ4n) is 4.88. The standard InChI is InChI=1S/C27H36ClN3Si/c1-19-22(29(4)5)13-10-16-25(19)32(28,26-17-11-14-23(20(26)2)30(6)7)27-18-12-15-24(21(27)3)31(8)9/h10-18H,1-9H3. The molecule has 0 fully saturated rings. The van der Waals surface area contributed by atoms with Gasteiger partial charge in [0.2, 0.25) is 7.38 Å². The van der Waals surface area contributed by atoms with Gasteiger partial charge in [-0.3, -0.25) is 0 Å². The monoisotopic (exact) mass is 465 g/mol. The molecule has 0 amide bonds. The molecular formula is C27H36ClN3Si. The van der Waals surface area contributed by atoms with E-state index < -0.39 is 7.38 Å². The molecule has 0 N–H and O–H groups in total. The van der Waals surface area contributed by atoms with E-state index >= 15 is 0 Å². The molecule has 0 saturated heterocycles. The molecule has 0 aliphatic rings. The number of hydrogen-bond acceptors (Lipinski definition) is 3. The van der Waals surface area contributed by atoms with Crippen LogP contribution in [0.15, 0.2) is 54.6 Å². The molecule has 3 aromatic rings. The highest BCUT2D eigenvalue weighted by molar-refractivity contribution is 7.40. The Kier molecular flexibility index (Phi) is 6.96. The molecule has 0 aromatic heterocycles. The second kappa shape index (κ2) is 9.20. The molecule has 3 rings (SSSR count). The highest BCUT2D eigenvalue weighted by Gasteiger charge is 2.42. The lowest BCUT2D eigenvalue weighted by Crippen LogP contribution is -2.65. The summed E-state index contributed by atoms with van der Waals surface area (Å²) in [4.78, 5) is 6.53. The van der Waals surface area contributed by atoms with E-state index in [-0.39, 0.29) is 0 Å². The van der Waals surface area contributed by atoms with E-state index in [9.17, 15) is 0 Å². The van der Waals surface area contributed by atoms with Gasteiger partial charge in [-0.25, -0.2) is 0 Å². The molecule has 32 heavy (non-hydrogen) atoms. The first-order valence-electron chi connectivity index (χ1n) is 11.0. The first-order chi connectivity index (χ1) is 15.0. The zero-order valence-corrected chi connectivity index (χ0v) is 22.7. The molecule has 5 heteroatoms. The summed E-state index contributed by atoms with van der Waals surface area (Å²) in [7, 11) is 9.73. The molecule has 0 unspecified atom stereocenters. The molecule has 0 heterocycles. The third kappa shape index (κ3) is 4.02. The molecule has 0 radical (unpaired) electrons. The third-order valence-electron chi connectivity index (χ3n) is 6.47. The van der Waals surface area contributed by atoms with Crippen LogP contribution in [-0.4, -0.2) is 49.7 Å². The van der Waals surface area contributed by atoms with Crippen LogP contribution in [0.25, 0.3) is 0 Å². The molecule has 0 atom stereocenters. The number of nitrogens with zero attached hydrogens (tertiary/aromatic N) is 3. The molecule has 0 spiro atoms. The van der Waals surface area contributed by atoms with Crippen LogP contribution in [0, 0.1) is 20.8 Å². The normalized spacial score (nSPS) is 11.4. The molecule has 3 aromatic carbocycles. The van der Waals surface area contributed by atoms with Crippen LogP contribution in [0.2, 0.25) is 0 Å². The van der Waals surface area contributed by atoms with Crippen molar-refractivity contribution in [2.45, 2.75) is 20.8 Å². The van der Waals surface area contributed by atoms with Crippen LogP contribution < -0.4 is 30.3 Å². The minimum absolute atomic E-state index is 1.21. The van der Waals surface area contributed by atoms with E-state index in [4.69, 9.17) is 11.1 Å². The van der Waals surface area contributed by atoms with E-state index in [2.05, 4.69) is 132 Å². The van der Waals surface area contributed by atoms with Crippen molar-refractivity contribution in [2.75, 3.05) is 57.0 Å². The van der Waals surface area contributed by atoms with Gasteiger partial charge in [-0.15, -0.1) is 11.1 Å². The fraction of sp³-hybridized carbons (Fsp3) is 0.333. The second-order valence-corrected chi connectivity index (χ2v) is 13.8. The molecule has 0 aliphatic heterocycles. The van der Waals surface area contributed by atoms with Gasteiger partial charge < -0.3 is 14.7 Å². The van der Waals surface area contributed by atoms with Gasteiger partial charge in [0, 0.05) is 59.3 Å². The number of benzene rings is 3. The largest absolute Gasteiger partial charge is 0.377 e. The highest BCUT2D eigenvalue weighted by atomic mass is 35.6. The lowest BCUT2D eigenvalue weighted by atomic mass is 10.2. The van der Waals surface area contributed by atoms with Crippen molar-refractivity contribution in [2.24, 2.45) is 0 Å². The van der Waals surface area contributed by atoms with Crippen molar-refractivity contribution in [1.82, 2.24) is 0 Å². The van der Waals surface area contributed by atoms with Crippen LogP contribution in [0.1, 0.15) is 16.7 Å². The molecule has 0 saturated carbocycles. The first-order valence-corrected chi connectivity index (χ1v) is 14.0. The SMILES string of the molecule is Cc1c(N(C)C)cccc1[Si](Cl)(c1cccc(N(C)C)c1C)c1cccc(N(C)C)c1C. The Balaban J connectivity index is 2.47. The summed E-state index contributed by atoms with van der Waals surface area (Å²) < 4.78 is 0. The van der Waals surface area contributed by atoms with Gasteiger partial charge >= 0.3 is 0 Å². The van der Waals surface area contributed by atoms with Gasteiger partial charge in [-0.1, -0.05) is 36.4 Å². The Hall–Kier alpha value is -2.43. The smallest absolute Gasteiger partial charge is 0.248 e. The molecule has 0 bridgehead atoms. The Bertz CT molecular complexity index is 982. The lowest BCUT2D eigenvalue weighted by Gasteiger charge is -2.34. The summed E-state index contributed by atoms with van der Waals surface area (Å²) >= 11 is 8.04. The summed E-state index contributed by atoms with van der Waals surface area (Å²) in [6.45, 7) is 6.64. The van der Waals surface area contributed by atoms with Gasteiger partial charge in [0.25, 0.3) is 0 Å². The van der Waals surface area contributed by atoms with Gasteiger partial charge in [0.05, 0.1) is 0 Å². The van der Waals surface area contributed by atoms with E-state index in [1.807, 2.05) is 0 Å². The van der Waals surface area contributed by atoms with E-state index in [0.29, 0.717) is 0 Å². The van der Waals surface area contributed by atoms with Crippen LogP contribution >= 0.6 is 11.1 Å². The van der Waals surface area contributed by atoms with Gasteiger partial charge in [0.15, 0.2) is 0 Å². The van der Waals surface area contributed by atoms with Crippen molar-refractivity contribution < 1.29 is 0 Å². The maximum absolute atomic E-state index is 8.04. The van der Waals surface area contributed by atoms with Crippen molar-refractivity contribution in [3.8, 4) is 0 Å². The maximum Gasteiger partial charge on any atom is 0.248 e. The second-order valence-electron chi connectivity index (χ2n) is 9.19. The van der Waals surface area contributed by atoms with E-state index in [1.165, 1.54) is 49.3 Å². The number of anilines is 3. The van der Waals surface area contributed by atoms with Crippen molar-refractivity contribution in [1.29, 1.82) is 0 Å². The van der Waals surface area contributed by atoms with E-state index in [0.717, 1.165) is 0 Å². The van der Waals surface area contributed by atoms with Gasteiger partial charge in [0.1, 0.15) is 0 Å². The Morgan fingerprint density at radius 1 is 0.500 bits per heavy atom. The highest BCUT2D eigenvalue weighted by Crippen LogP contribution is 2.27. The minimum atomic E-state index is -2.85. The Morgan fingerprint density at radius 3 is 0.969 bits per heavy atom. The third-order valence-corrected chi connectivity index (χ3v) is 12.2. The van der Waals surface area contributed by atoms with Crippen molar-refractivity contribution in [3.63, 3.8) is 0 Å². The first kappa shape index (κ1) is 24.2. The maximum atomic E-state index is 8.04.